The van der Waals surface area contributed by atoms with Gasteiger partial charge >= 0.3 is 5.69 Å². The van der Waals surface area contributed by atoms with Crippen LogP contribution in [0, 0.1) is 12.8 Å². The number of aromatic amines is 1. The number of fused-ring (bicyclic) bond motifs is 1. The maximum atomic E-state index is 11.8. The molecule has 1 aromatic heterocycles. The number of H-pyrrole nitrogens is 1. The van der Waals surface area contributed by atoms with Gasteiger partial charge in [0, 0.05) is 17.7 Å². The molecular formula is C12H14N2O4. The molecule has 2 aliphatic rings. The third kappa shape index (κ3) is 1.36. The Hall–Kier alpha value is -1.66. The van der Waals surface area contributed by atoms with Crippen LogP contribution in [0.3, 0.4) is 0 Å². The van der Waals surface area contributed by atoms with Crippen molar-refractivity contribution in [1.29, 1.82) is 0 Å². The van der Waals surface area contributed by atoms with Gasteiger partial charge in [0.15, 0.2) is 6.23 Å². The van der Waals surface area contributed by atoms with E-state index in [1.807, 2.05) is 0 Å². The van der Waals surface area contributed by atoms with Crippen LogP contribution in [0.2, 0.25) is 0 Å². The summed E-state index contributed by atoms with van der Waals surface area (Å²) < 4.78 is 7.06. The first-order valence-electron chi connectivity index (χ1n) is 5.78. The fourth-order valence-electron chi connectivity index (χ4n) is 2.56. The number of aryl methyl sites for hydroxylation is 1. The number of hydrogen-bond acceptors (Lipinski definition) is 4. The van der Waals surface area contributed by atoms with E-state index in [2.05, 4.69) is 11.6 Å². The van der Waals surface area contributed by atoms with Crippen LogP contribution in [-0.4, -0.2) is 26.9 Å². The predicted octanol–water partition coefficient (Wildman–Crippen LogP) is -0.319. The van der Waals surface area contributed by atoms with Gasteiger partial charge in [-0.1, -0.05) is 6.58 Å². The first-order chi connectivity index (χ1) is 8.48. The zero-order chi connectivity index (χ0) is 13.1. The van der Waals surface area contributed by atoms with Gasteiger partial charge in [-0.3, -0.25) is 14.3 Å². The number of ether oxygens (including phenoxy) is 1. The van der Waals surface area contributed by atoms with Gasteiger partial charge in [-0.05, 0) is 18.9 Å². The number of aliphatic hydroxyl groups is 1. The molecule has 0 amide bonds. The van der Waals surface area contributed by atoms with Crippen LogP contribution < -0.4 is 11.2 Å². The van der Waals surface area contributed by atoms with Crippen LogP contribution in [0.1, 0.15) is 18.2 Å². The molecule has 1 aliphatic heterocycles. The average molecular weight is 250 g/mol. The molecule has 0 bridgehead atoms. The van der Waals surface area contributed by atoms with Gasteiger partial charge in [0.25, 0.3) is 5.56 Å². The molecule has 2 fully saturated rings. The van der Waals surface area contributed by atoms with E-state index < -0.39 is 23.1 Å². The van der Waals surface area contributed by atoms with E-state index in [4.69, 9.17) is 4.74 Å². The van der Waals surface area contributed by atoms with Crippen molar-refractivity contribution in [2.24, 2.45) is 5.92 Å². The third-order valence-electron chi connectivity index (χ3n) is 3.80. The molecular weight excluding hydrogens is 236 g/mol. The lowest BCUT2D eigenvalue weighted by atomic mass is 10.1. The smallest absolute Gasteiger partial charge is 0.330 e. The van der Waals surface area contributed by atoms with Crippen LogP contribution in [-0.2, 0) is 4.74 Å². The summed E-state index contributed by atoms with van der Waals surface area (Å²) >= 11 is 0. The van der Waals surface area contributed by atoms with Gasteiger partial charge in [0.1, 0.15) is 5.60 Å². The van der Waals surface area contributed by atoms with Crippen LogP contribution in [0.4, 0.5) is 0 Å². The van der Waals surface area contributed by atoms with Gasteiger partial charge in [-0.2, -0.15) is 0 Å². The standard InChI is InChI=1S/C12H14N2O4/c1-6-4-14(11(17)13-9(6)16)10-7(2)8-3-12(8,5-15)18-10/h4,8,10,15H,2-3,5H2,1H3,(H,13,16,17)/t8-,10+,12+/m0/s1. The van der Waals surface area contributed by atoms with E-state index in [9.17, 15) is 14.7 Å². The average Bonchev–Trinajstić information content (AvgIpc) is 2.99. The molecule has 3 atom stereocenters. The van der Waals surface area contributed by atoms with Crippen molar-refractivity contribution in [3.05, 3.63) is 44.8 Å². The number of rotatable bonds is 2. The summed E-state index contributed by atoms with van der Waals surface area (Å²) in [6.07, 6.45) is 1.61. The monoisotopic (exact) mass is 250 g/mol. The van der Waals surface area contributed by atoms with E-state index in [1.165, 1.54) is 10.8 Å². The molecule has 0 radical (unpaired) electrons. The quantitative estimate of drug-likeness (QED) is 0.705. The minimum absolute atomic E-state index is 0.0791. The lowest BCUT2D eigenvalue weighted by Crippen LogP contribution is -2.35. The molecule has 1 aliphatic carbocycles. The van der Waals surface area contributed by atoms with E-state index in [0.717, 1.165) is 12.0 Å². The van der Waals surface area contributed by atoms with Crippen LogP contribution in [0.5, 0.6) is 0 Å². The Balaban J connectivity index is 2.03. The molecule has 6 heteroatoms. The molecule has 0 aromatic carbocycles. The second-order valence-electron chi connectivity index (χ2n) is 5.00. The lowest BCUT2D eigenvalue weighted by Gasteiger charge is -2.19. The molecule has 0 unspecified atom stereocenters. The Kier molecular flexibility index (Phi) is 2.18. The summed E-state index contributed by atoms with van der Waals surface area (Å²) in [4.78, 5) is 25.3. The fourth-order valence-corrected chi connectivity index (χ4v) is 2.56. The van der Waals surface area contributed by atoms with Gasteiger partial charge < -0.3 is 9.84 Å². The van der Waals surface area contributed by atoms with Gasteiger partial charge in [-0.15, -0.1) is 0 Å². The summed E-state index contributed by atoms with van der Waals surface area (Å²) in [5.74, 6) is 0.103. The van der Waals surface area contributed by atoms with E-state index in [-0.39, 0.29) is 12.5 Å². The van der Waals surface area contributed by atoms with Crippen LogP contribution in [0.15, 0.2) is 27.9 Å². The van der Waals surface area contributed by atoms with E-state index in [1.54, 1.807) is 6.92 Å². The predicted molar refractivity (Wildman–Crippen MR) is 63.2 cm³/mol. The van der Waals surface area contributed by atoms with Crippen molar-refractivity contribution in [2.75, 3.05) is 6.61 Å². The first-order valence-corrected chi connectivity index (χ1v) is 5.78. The van der Waals surface area contributed by atoms with Crippen molar-refractivity contribution < 1.29 is 9.84 Å². The normalized spacial score (nSPS) is 33.6. The number of aliphatic hydroxyl groups excluding tert-OH is 1. The van der Waals surface area contributed by atoms with Gasteiger partial charge in [0.05, 0.1) is 6.61 Å². The Morgan fingerprint density at radius 3 is 3.00 bits per heavy atom. The number of hydrogen-bond donors (Lipinski definition) is 2. The van der Waals surface area contributed by atoms with E-state index >= 15 is 0 Å². The Morgan fingerprint density at radius 2 is 2.39 bits per heavy atom. The molecule has 2 N–H and O–H groups in total. The molecule has 1 saturated heterocycles. The van der Waals surface area contributed by atoms with Crippen molar-refractivity contribution in [2.45, 2.75) is 25.2 Å². The first kappa shape index (κ1) is 11.4. The Morgan fingerprint density at radius 1 is 1.67 bits per heavy atom. The molecule has 1 saturated carbocycles. The molecule has 6 nitrogen and oxygen atoms in total. The third-order valence-corrected chi connectivity index (χ3v) is 3.80. The maximum Gasteiger partial charge on any atom is 0.330 e. The fraction of sp³-hybridized carbons (Fsp3) is 0.500. The zero-order valence-electron chi connectivity index (χ0n) is 9.97. The highest BCUT2D eigenvalue weighted by atomic mass is 16.6. The second-order valence-corrected chi connectivity index (χ2v) is 5.00. The van der Waals surface area contributed by atoms with Gasteiger partial charge in [0.2, 0.25) is 0 Å². The highest BCUT2D eigenvalue weighted by molar-refractivity contribution is 5.29. The largest absolute Gasteiger partial charge is 0.393 e. The zero-order valence-corrected chi connectivity index (χ0v) is 9.97. The molecule has 18 heavy (non-hydrogen) atoms. The van der Waals surface area contributed by atoms with Crippen molar-refractivity contribution >= 4 is 0 Å². The lowest BCUT2D eigenvalue weighted by molar-refractivity contribution is -0.0521. The molecule has 0 spiro atoms. The highest BCUT2D eigenvalue weighted by Crippen LogP contribution is 2.60. The molecule has 96 valence electrons. The summed E-state index contributed by atoms with van der Waals surface area (Å²) in [6.45, 7) is 5.47. The highest BCUT2D eigenvalue weighted by Gasteiger charge is 2.64. The van der Waals surface area contributed by atoms with Crippen LogP contribution in [0.25, 0.3) is 0 Å². The topological polar surface area (TPSA) is 84.3 Å². The van der Waals surface area contributed by atoms with Crippen LogP contribution >= 0.6 is 0 Å². The Labute approximate surface area is 103 Å². The molecule has 2 heterocycles. The molecule has 1 aromatic rings. The van der Waals surface area contributed by atoms with Crippen molar-refractivity contribution in [3.63, 3.8) is 0 Å². The second kappa shape index (κ2) is 3.43. The summed E-state index contributed by atoms with van der Waals surface area (Å²) in [5, 5.41) is 9.31. The Bertz CT molecular complexity index is 644. The number of nitrogens with zero attached hydrogens (tertiary/aromatic N) is 1. The van der Waals surface area contributed by atoms with Gasteiger partial charge in [-0.25, -0.2) is 4.79 Å². The summed E-state index contributed by atoms with van der Waals surface area (Å²) in [7, 11) is 0. The molecule has 3 rings (SSSR count). The van der Waals surface area contributed by atoms with Crippen molar-refractivity contribution in [3.8, 4) is 0 Å². The SMILES string of the molecule is C=C1[C@H](n2cc(C)c(=O)[nH]c2=O)O[C@@]2(CO)C[C@@H]12. The number of aromatic nitrogens is 2. The number of nitrogens with one attached hydrogen (secondary N) is 1. The minimum Gasteiger partial charge on any atom is -0.393 e. The summed E-state index contributed by atoms with van der Waals surface area (Å²) in [5.41, 5.74) is -0.277. The van der Waals surface area contributed by atoms with Crippen molar-refractivity contribution in [1.82, 2.24) is 9.55 Å². The minimum atomic E-state index is -0.598. The van der Waals surface area contributed by atoms with E-state index in [0.29, 0.717) is 5.56 Å². The summed E-state index contributed by atoms with van der Waals surface area (Å²) in [6, 6.07) is 0. The maximum absolute atomic E-state index is 11.8.